The van der Waals surface area contributed by atoms with Gasteiger partial charge in [-0.2, -0.15) is 0 Å². The molecule has 5 heteroatoms. The number of hydrogen-bond donors (Lipinski definition) is 1. The average Bonchev–Trinajstić information content (AvgIpc) is 2.19. The maximum absolute atomic E-state index is 8.52. The Labute approximate surface area is 157 Å². The zero-order chi connectivity index (χ0) is 19.5. The summed E-state index contributed by atoms with van der Waals surface area (Å²) in [4.78, 5) is 0. The van der Waals surface area contributed by atoms with Gasteiger partial charge < -0.3 is 15.7 Å². The average molecular weight is 494 g/mol. The second-order valence-electron chi connectivity index (χ2n) is 9.34. The van der Waals surface area contributed by atoms with Crippen LogP contribution in [0, 0.1) is 0 Å². The van der Waals surface area contributed by atoms with Gasteiger partial charge in [-0.1, -0.05) is 41.5 Å². The van der Waals surface area contributed by atoms with Crippen LogP contribution >= 0.6 is 0 Å². The van der Waals surface area contributed by atoms with E-state index >= 15 is 0 Å². The Morgan fingerprint density at radius 2 is 0.870 bits per heavy atom. The molecule has 0 spiro atoms. The van der Waals surface area contributed by atoms with Crippen LogP contribution in [0.15, 0.2) is 15.7 Å². The first-order valence-corrected chi connectivity index (χ1v) is 9.38. The van der Waals surface area contributed by atoms with Gasteiger partial charge >= 0.3 is 50.5 Å². The van der Waals surface area contributed by atoms with Crippen molar-refractivity contribution < 1.29 is 26.0 Å². The first-order chi connectivity index (χ1) is 9.77. The topological polar surface area (TPSA) is 60.8 Å². The summed E-state index contributed by atoms with van der Waals surface area (Å²) in [5.41, 5.74) is -0.276. The van der Waals surface area contributed by atoms with Crippen LogP contribution in [-0.2, 0) is 20.9 Å². The molecule has 0 fully saturated rings. The van der Waals surface area contributed by atoms with Gasteiger partial charge in [-0.25, -0.2) is 12.4 Å². The predicted molar refractivity (Wildman–Crippen MR) is 99.5 cm³/mol. The molecule has 0 aromatic rings. The molecule has 0 unspecified atom stereocenters. The van der Waals surface area contributed by atoms with Gasteiger partial charge in [-0.15, -0.1) is 11.1 Å². The fourth-order valence-corrected chi connectivity index (χ4v) is 0.514. The van der Waals surface area contributed by atoms with Crippen molar-refractivity contribution in [2.75, 3.05) is 0 Å². The van der Waals surface area contributed by atoms with Gasteiger partial charge in [-0.3, -0.25) is 0 Å². The number of nitrogens with zero attached hydrogens (tertiary/aromatic N) is 3. The Kier molecular flexibility index (Phi) is 13.7. The van der Waals surface area contributed by atoms with E-state index in [0.29, 0.717) is 0 Å². The van der Waals surface area contributed by atoms with Crippen LogP contribution in [0.3, 0.4) is 0 Å². The van der Waals surface area contributed by atoms with Gasteiger partial charge in [0.1, 0.15) is 0 Å². The quantitative estimate of drug-likeness (QED) is 0.496. The minimum atomic E-state index is -0.500. The van der Waals surface area contributed by atoms with Crippen LogP contribution in [0.5, 0.6) is 0 Å². The monoisotopic (exact) mass is 494 g/mol. The summed E-state index contributed by atoms with van der Waals surface area (Å²) in [5.74, 6) is 0. The van der Waals surface area contributed by atoms with E-state index in [2.05, 4.69) is 76.3 Å². The maximum atomic E-state index is 8.52. The molecule has 0 aromatic heterocycles. The second-order valence-corrected chi connectivity index (χ2v) is 10.1. The summed E-state index contributed by atoms with van der Waals surface area (Å²) in [5, 5.41) is 17.1. The van der Waals surface area contributed by atoms with Crippen LogP contribution in [0.4, 0.5) is 0 Å². The number of rotatable bonds is 2. The molecule has 0 aliphatic carbocycles. The molecule has 0 aromatic carbocycles. The first-order valence-electron chi connectivity index (χ1n) is 7.94. The minimum absolute atomic E-state index is 0.00387. The van der Waals surface area contributed by atoms with E-state index in [9.17, 15) is 0 Å². The van der Waals surface area contributed by atoms with Crippen LogP contribution in [0.25, 0.3) is 10.6 Å². The van der Waals surface area contributed by atoms with E-state index in [1.165, 1.54) is 0 Å². The van der Waals surface area contributed by atoms with Gasteiger partial charge in [-0.05, 0) is 20.8 Å². The molecule has 0 saturated heterocycles. The molecule has 0 heterocycles. The van der Waals surface area contributed by atoms with E-state index in [0.717, 1.165) is 20.9 Å². The van der Waals surface area contributed by atoms with Crippen LogP contribution < -0.4 is 0 Å². The normalized spacial score (nSPS) is 12.5. The Morgan fingerprint density at radius 1 is 0.696 bits per heavy atom. The van der Waals surface area contributed by atoms with E-state index in [-0.39, 0.29) is 16.6 Å². The third-order valence-corrected chi connectivity index (χ3v) is 3.45. The molecule has 0 bridgehead atoms. The molecular weight excluding hydrogens is 455 g/mol. The SMILES string of the molecule is CC(C)(C)O.CC(C)(C)[N-]C=C[N-]C(C)(C)C.CC(C)(C)[N]=[Ta]. The second kappa shape index (κ2) is 11.4. The van der Waals surface area contributed by atoms with Gasteiger partial charge in [0.2, 0.25) is 0 Å². The molecule has 0 amide bonds. The molecule has 0 saturated carbocycles. The summed E-state index contributed by atoms with van der Waals surface area (Å²) in [6.07, 6.45) is 3.54. The first kappa shape index (κ1) is 27.7. The van der Waals surface area contributed by atoms with Gasteiger partial charge in [0, 0.05) is 0 Å². The van der Waals surface area contributed by atoms with E-state index in [1.807, 2.05) is 0 Å². The molecule has 0 radical (unpaired) electrons. The molecule has 0 rings (SSSR count). The van der Waals surface area contributed by atoms with Crippen molar-refractivity contribution in [3.05, 3.63) is 23.0 Å². The Bertz CT molecular complexity index is 302. The summed E-state index contributed by atoms with van der Waals surface area (Å²) >= 11 is 1.15. The summed E-state index contributed by atoms with van der Waals surface area (Å²) in [6.45, 7) is 23.9. The van der Waals surface area contributed by atoms with E-state index in [4.69, 9.17) is 5.11 Å². The molecule has 0 aliphatic rings. The molecule has 23 heavy (non-hydrogen) atoms. The Morgan fingerprint density at radius 3 is 0.957 bits per heavy atom. The molecule has 1 N–H and O–H groups in total. The zero-order valence-corrected chi connectivity index (χ0v) is 20.6. The third kappa shape index (κ3) is 61.3. The zero-order valence-electron chi connectivity index (χ0n) is 17.4. The number of hydrogen-bond acceptors (Lipinski definition) is 2. The number of aliphatic hydroxyl groups is 1. The Balaban J connectivity index is -0.000000303. The van der Waals surface area contributed by atoms with Crippen LogP contribution in [-0.4, -0.2) is 27.3 Å². The summed E-state index contributed by atoms with van der Waals surface area (Å²) < 4.78 is 4.13. The molecule has 4 nitrogen and oxygen atoms in total. The molecule has 0 aliphatic heterocycles. The van der Waals surface area contributed by atoms with E-state index in [1.54, 1.807) is 33.2 Å². The molecular formula is C18H39N3OTa-2. The van der Waals surface area contributed by atoms with Gasteiger partial charge in [0.25, 0.3) is 0 Å². The third-order valence-electron chi connectivity index (χ3n) is 1.29. The van der Waals surface area contributed by atoms with Crippen molar-refractivity contribution in [2.45, 2.75) is 105 Å². The fraction of sp³-hybridized carbons (Fsp3) is 0.889. The van der Waals surface area contributed by atoms with Gasteiger partial charge in [0.05, 0.1) is 5.60 Å². The van der Waals surface area contributed by atoms with Crippen LogP contribution in [0.1, 0.15) is 83.1 Å². The standard InChI is InChI=1S/C10H20N2.C4H9N.C4H10O.Ta/c1-9(2,3)11-7-8-12-10(4,5)6;2*1-4(2,3)5;/h7-8H,1-6H3;1-3H3;5H,1-3H3;/q-2;;;. The molecule has 0 atom stereocenters. The van der Waals surface area contributed by atoms with Crippen molar-refractivity contribution in [3.8, 4) is 0 Å². The van der Waals surface area contributed by atoms with Crippen molar-refractivity contribution in [1.29, 1.82) is 0 Å². The van der Waals surface area contributed by atoms with Crippen molar-refractivity contribution in [2.24, 2.45) is 3.34 Å². The Hall–Kier alpha value is -0.160. The fourth-order valence-electron chi connectivity index (χ4n) is 0.514. The van der Waals surface area contributed by atoms with E-state index < -0.39 is 5.60 Å². The summed E-state index contributed by atoms with van der Waals surface area (Å²) in [7, 11) is 0. The molecule has 139 valence electrons. The van der Waals surface area contributed by atoms with Crippen molar-refractivity contribution in [3.63, 3.8) is 0 Å². The predicted octanol–water partition coefficient (Wildman–Crippen LogP) is 6.09. The van der Waals surface area contributed by atoms with Crippen molar-refractivity contribution in [1.82, 2.24) is 0 Å². The summed E-state index contributed by atoms with van der Waals surface area (Å²) in [6, 6.07) is 0. The van der Waals surface area contributed by atoms with Crippen LogP contribution in [0.2, 0.25) is 0 Å². The van der Waals surface area contributed by atoms with Gasteiger partial charge in [0.15, 0.2) is 0 Å². The van der Waals surface area contributed by atoms with Crippen molar-refractivity contribution >= 4 is 0 Å².